The molecule has 0 rings (SSSR count). The topological polar surface area (TPSA) is 107 Å². The number of rotatable bonds is 4. The number of carbonyl (C=O) groups excluding carboxylic acids is 2. The molecule has 0 aromatic carbocycles. The summed E-state index contributed by atoms with van der Waals surface area (Å²) in [5, 5.41) is 12.8. The zero-order valence-electron chi connectivity index (χ0n) is 10.1. The molecule has 0 saturated heterocycles. The summed E-state index contributed by atoms with van der Waals surface area (Å²) in [5.74, 6) is 0. The van der Waals surface area contributed by atoms with Crippen molar-refractivity contribution in [3.05, 3.63) is 0 Å². The fourth-order valence-electron chi connectivity index (χ4n) is 0.364. The molecule has 0 saturated carbocycles. The monoisotopic (exact) mass is 353 g/mol. The molecular formula is C8H14CuN6O2S2. The maximum Gasteiger partial charge on any atom is 0.186 e. The predicted octanol–water partition coefficient (Wildman–Crippen LogP) is -1.47. The van der Waals surface area contributed by atoms with Crippen LogP contribution in [-0.2, 0) is 26.7 Å². The second-order valence-electron chi connectivity index (χ2n) is 2.21. The molecule has 11 heteroatoms. The third-order valence-corrected chi connectivity index (χ3v) is 1.65. The van der Waals surface area contributed by atoms with Crippen molar-refractivity contribution in [2.45, 2.75) is 0 Å². The van der Waals surface area contributed by atoms with Crippen LogP contribution in [0.25, 0.3) is 0 Å². The Morgan fingerprint density at radius 1 is 0.895 bits per heavy atom. The van der Waals surface area contributed by atoms with E-state index in [1.165, 1.54) is 0 Å². The first-order valence-corrected chi connectivity index (χ1v) is 5.33. The van der Waals surface area contributed by atoms with E-state index in [0.717, 1.165) is 12.4 Å². The average molecular weight is 354 g/mol. The van der Waals surface area contributed by atoms with E-state index in [2.05, 4.69) is 56.1 Å². The maximum absolute atomic E-state index is 9.62. The van der Waals surface area contributed by atoms with Crippen LogP contribution in [-0.4, -0.2) is 49.3 Å². The van der Waals surface area contributed by atoms with Crippen molar-refractivity contribution in [3.63, 3.8) is 0 Å². The van der Waals surface area contributed by atoms with Gasteiger partial charge in [0.1, 0.15) is 0 Å². The number of hydrogen-bond acceptors (Lipinski definition) is 6. The average Bonchev–Trinajstić information content (AvgIpc) is 2.39. The summed E-state index contributed by atoms with van der Waals surface area (Å²) < 4.78 is 0. The van der Waals surface area contributed by atoms with Crippen LogP contribution in [0.3, 0.4) is 0 Å². The van der Waals surface area contributed by atoms with Gasteiger partial charge in [0.25, 0.3) is 0 Å². The smallest absolute Gasteiger partial charge is 0.186 e. The molecule has 0 aliphatic carbocycles. The van der Waals surface area contributed by atoms with Crippen LogP contribution < -0.4 is 21.5 Å². The molecule has 0 atom stereocenters. The SMILES string of the molecule is CNC(=S)N/N=C\C=O.CNC(=S)N/N=C\C=O.[Cu]. The van der Waals surface area contributed by atoms with Gasteiger partial charge >= 0.3 is 0 Å². The molecule has 111 valence electrons. The van der Waals surface area contributed by atoms with E-state index in [0.29, 0.717) is 22.8 Å². The first-order valence-electron chi connectivity index (χ1n) is 4.51. The van der Waals surface area contributed by atoms with Gasteiger partial charge in [-0.2, -0.15) is 10.2 Å². The van der Waals surface area contributed by atoms with Crippen molar-refractivity contribution in [2.24, 2.45) is 10.2 Å². The van der Waals surface area contributed by atoms with E-state index in [-0.39, 0.29) is 17.1 Å². The summed E-state index contributed by atoms with van der Waals surface area (Å²) in [7, 11) is 3.32. The van der Waals surface area contributed by atoms with Crippen molar-refractivity contribution < 1.29 is 26.7 Å². The molecule has 0 unspecified atom stereocenters. The number of hydrazone groups is 2. The molecule has 1 radical (unpaired) electrons. The summed E-state index contributed by atoms with van der Waals surface area (Å²) in [4.78, 5) is 19.2. The minimum atomic E-state index is 0. The van der Waals surface area contributed by atoms with Crippen LogP contribution >= 0.6 is 24.4 Å². The van der Waals surface area contributed by atoms with Crippen molar-refractivity contribution >= 4 is 59.7 Å². The Balaban J connectivity index is -0.000000256. The zero-order chi connectivity index (χ0) is 14.2. The predicted molar refractivity (Wildman–Crippen MR) is 78.7 cm³/mol. The van der Waals surface area contributed by atoms with Crippen molar-refractivity contribution in [2.75, 3.05) is 14.1 Å². The molecule has 0 aliphatic heterocycles. The van der Waals surface area contributed by atoms with Gasteiger partial charge in [0.2, 0.25) is 0 Å². The summed E-state index contributed by atoms with van der Waals surface area (Å²) in [5.41, 5.74) is 4.78. The van der Waals surface area contributed by atoms with Gasteiger partial charge in [-0.3, -0.25) is 20.4 Å². The van der Waals surface area contributed by atoms with Gasteiger partial charge in [0.15, 0.2) is 22.8 Å². The number of nitrogens with zero attached hydrogens (tertiary/aromatic N) is 2. The molecule has 0 bridgehead atoms. The van der Waals surface area contributed by atoms with E-state index in [4.69, 9.17) is 0 Å². The molecule has 19 heavy (non-hydrogen) atoms. The molecule has 8 nitrogen and oxygen atoms in total. The van der Waals surface area contributed by atoms with Crippen molar-refractivity contribution in [3.8, 4) is 0 Å². The number of aldehydes is 2. The van der Waals surface area contributed by atoms with E-state index in [1.807, 2.05) is 0 Å². The van der Waals surface area contributed by atoms with Crippen LogP contribution in [0.2, 0.25) is 0 Å². The third-order valence-electron chi connectivity index (χ3n) is 1.06. The van der Waals surface area contributed by atoms with Crippen LogP contribution in [0.15, 0.2) is 10.2 Å². The Morgan fingerprint density at radius 2 is 1.21 bits per heavy atom. The quantitative estimate of drug-likeness (QED) is 0.159. The molecule has 0 aromatic rings. The molecule has 4 N–H and O–H groups in total. The summed E-state index contributed by atoms with van der Waals surface area (Å²) >= 11 is 9.23. The molecule has 0 amide bonds. The van der Waals surface area contributed by atoms with Gasteiger partial charge in [0.05, 0.1) is 12.4 Å². The molecule has 0 aliphatic rings. The summed E-state index contributed by atoms with van der Waals surface area (Å²) in [6.45, 7) is 0. The second kappa shape index (κ2) is 18.9. The Hall–Kier alpha value is -1.42. The third kappa shape index (κ3) is 22.3. The Labute approximate surface area is 132 Å². The Morgan fingerprint density at radius 3 is 1.42 bits per heavy atom. The summed E-state index contributed by atoms with van der Waals surface area (Å²) in [6.07, 6.45) is 3.27. The Bertz CT molecular complexity index is 305. The first-order chi connectivity index (χ1) is 8.62. The summed E-state index contributed by atoms with van der Waals surface area (Å²) in [6, 6.07) is 0. The van der Waals surface area contributed by atoms with Crippen LogP contribution in [0.5, 0.6) is 0 Å². The molecular weight excluding hydrogens is 340 g/mol. The van der Waals surface area contributed by atoms with E-state index in [1.54, 1.807) is 14.1 Å². The van der Waals surface area contributed by atoms with Gasteiger partial charge < -0.3 is 10.6 Å². The zero-order valence-corrected chi connectivity index (χ0v) is 12.7. The largest absolute Gasteiger partial charge is 0.364 e. The van der Waals surface area contributed by atoms with Crippen molar-refractivity contribution in [1.29, 1.82) is 0 Å². The fourth-order valence-corrected chi connectivity index (χ4v) is 0.470. The number of carbonyl (C=O) groups is 2. The van der Waals surface area contributed by atoms with E-state index in [9.17, 15) is 9.59 Å². The minimum Gasteiger partial charge on any atom is -0.364 e. The molecule has 0 spiro atoms. The normalized spacial score (nSPS) is 8.53. The van der Waals surface area contributed by atoms with Gasteiger partial charge in [-0.1, -0.05) is 0 Å². The van der Waals surface area contributed by atoms with E-state index >= 15 is 0 Å². The second-order valence-corrected chi connectivity index (χ2v) is 3.03. The van der Waals surface area contributed by atoms with E-state index < -0.39 is 0 Å². The standard InChI is InChI=1S/2C4H7N3OS.Cu/c2*1-5-4(9)7-6-2-3-8;/h2*2-3H,1H3,(H2,5,7,9);/b2*6-2-;. The molecule has 0 aromatic heterocycles. The number of thiocarbonyl (C=S) groups is 2. The van der Waals surface area contributed by atoms with Gasteiger partial charge in [0, 0.05) is 31.2 Å². The fraction of sp³-hybridized carbons (Fsp3) is 0.250. The Kier molecular flexibility index (Phi) is 22.7. The number of nitrogens with one attached hydrogen (secondary N) is 4. The number of hydrogen-bond donors (Lipinski definition) is 4. The van der Waals surface area contributed by atoms with Crippen LogP contribution in [0.1, 0.15) is 0 Å². The minimum absolute atomic E-state index is 0. The van der Waals surface area contributed by atoms with Gasteiger partial charge in [-0.15, -0.1) is 0 Å². The van der Waals surface area contributed by atoms with Gasteiger partial charge in [-0.25, -0.2) is 0 Å². The van der Waals surface area contributed by atoms with Gasteiger partial charge in [-0.05, 0) is 24.4 Å². The van der Waals surface area contributed by atoms with Crippen LogP contribution in [0, 0.1) is 0 Å². The van der Waals surface area contributed by atoms with Crippen molar-refractivity contribution in [1.82, 2.24) is 21.5 Å². The van der Waals surface area contributed by atoms with Crippen LogP contribution in [0.4, 0.5) is 0 Å². The molecule has 0 heterocycles. The maximum atomic E-state index is 9.62. The first kappa shape index (κ1) is 22.7. The molecule has 0 fully saturated rings.